The molecule has 3 N–H and O–H groups in total. The molecule has 7 heteroatoms. The number of aromatic amines is 1. The van der Waals surface area contributed by atoms with Crippen LogP contribution in [0.5, 0.6) is 0 Å². The molecule has 0 radical (unpaired) electrons. The summed E-state index contributed by atoms with van der Waals surface area (Å²) < 4.78 is 0. The van der Waals surface area contributed by atoms with Gasteiger partial charge in [0.1, 0.15) is 5.69 Å². The van der Waals surface area contributed by atoms with Crippen LogP contribution in [-0.4, -0.2) is 28.3 Å². The number of nitrogens with one attached hydrogen (secondary N) is 3. The summed E-state index contributed by atoms with van der Waals surface area (Å²) in [5.74, 6) is -0.490. The van der Waals surface area contributed by atoms with Crippen LogP contribution in [0.3, 0.4) is 0 Å². The Hall–Kier alpha value is -3.12. The Labute approximate surface area is 154 Å². The van der Waals surface area contributed by atoms with E-state index in [1.807, 2.05) is 24.3 Å². The smallest absolute Gasteiger partial charge is 0.268 e. The maximum Gasteiger partial charge on any atom is 0.268 e. The zero-order valence-corrected chi connectivity index (χ0v) is 14.4. The van der Waals surface area contributed by atoms with E-state index in [-0.39, 0.29) is 17.0 Å². The summed E-state index contributed by atoms with van der Waals surface area (Å²) in [5.41, 5.74) is 3.33. The van der Waals surface area contributed by atoms with Gasteiger partial charge in [-0.3, -0.25) is 9.59 Å². The number of amides is 2. The summed E-state index contributed by atoms with van der Waals surface area (Å²) in [7, 11) is 0. The van der Waals surface area contributed by atoms with E-state index in [0.717, 1.165) is 22.0 Å². The minimum atomic E-state index is -0.319. The molecule has 0 aliphatic carbocycles. The molecule has 0 unspecified atom stereocenters. The van der Waals surface area contributed by atoms with Crippen molar-refractivity contribution in [3.05, 3.63) is 65.1 Å². The lowest BCUT2D eigenvalue weighted by Crippen LogP contribution is -2.22. The minimum Gasteiger partial charge on any atom is -0.350 e. The highest BCUT2D eigenvalue weighted by atomic mass is 35.5. The lowest BCUT2D eigenvalue weighted by Gasteiger charge is -2.07. The van der Waals surface area contributed by atoms with E-state index < -0.39 is 0 Å². The lowest BCUT2D eigenvalue weighted by molar-refractivity contribution is -0.111. The van der Waals surface area contributed by atoms with Crippen molar-refractivity contribution in [1.82, 2.24) is 15.3 Å². The SMILES string of the molecule is O=C(C=C1CCNC(=O)c2[nH]c3ccccc3c21)Nc1cccnc1Cl. The molecule has 130 valence electrons. The molecular weight excluding hydrogens is 352 g/mol. The molecule has 0 saturated heterocycles. The van der Waals surface area contributed by atoms with Crippen molar-refractivity contribution in [1.29, 1.82) is 0 Å². The average molecular weight is 367 g/mol. The van der Waals surface area contributed by atoms with E-state index in [1.54, 1.807) is 18.3 Å². The summed E-state index contributed by atoms with van der Waals surface area (Å²) in [4.78, 5) is 31.9. The first-order valence-electron chi connectivity index (χ1n) is 8.15. The number of hydrogen-bond acceptors (Lipinski definition) is 3. The predicted molar refractivity (Wildman–Crippen MR) is 101 cm³/mol. The Morgan fingerprint density at radius 3 is 2.92 bits per heavy atom. The summed E-state index contributed by atoms with van der Waals surface area (Å²) in [6.45, 7) is 0.461. The molecule has 3 heterocycles. The maximum atomic E-state index is 12.5. The second-order valence-electron chi connectivity index (χ2n) is 5.93. The van der Waals surface area contributed by atoms with Gasteiger partial charge in [-0.15, -0.1) is 0 Å². The fourth-order valence-corrected chi connectivity index (χ4v) is 3.29. The summed E-state index contributed by atoms with van der Waals surface area (Å²) in [6, 6.07) is 11.0. The highest BCUT2D eigenvalue weighted by Gasteiger charge is 2.24. The van der Waals surface area contributed by atoms with Crippen molar-refractivity contribution in [3.63, 3.8) is 0 Å². The van der Waals surface area contributed by atoms with Crippen LogP contribution in [0.2, 0.25) is 5.15 Å². The highest BCUT2D eigenvalue weighted by Crippen LogP contribution is 2.32. The number of carbonyl (C=O) groups excluding carboxylic acids is 2. The first kappa shape index (κ1) is 16.4. The van der Waals surface area contributed by atoms with Crippen molar-refractivity contribution in [2.75, 3.05) is 11.9 Å². The van der Waals surface area contributed by atoms with Crippen molar-refractivity contribution in [2.45, 2.75) is 6.42 Å². The van der Waals surface area contributed by atoms with Crippen LogP contribution >= 0.6 is 11.6 Å². The Balaban J connectivity index is 1.76. The van der Waals surface area contributed by atoms with E-state index in [2.05, 4.69) is 20.6 Å². The van der Waals surface area contributed by atoms with Gasteiger partial charge in [0.15, 0.2) is 5.15 Å². The minimum absolute atomic E-state index is 0.171. The number of fused-ring (bicyclic) bond motifs is 3. The molecule has 1 aliphatic heterocycles. The third kappa shape index (κ3) is 2.95. The van der Waals surface area contributed by atoms with Gasteiger partial charge in [-0.1, -0.05) is 29.8 Å². The van der Waals surface area contributed by atoms with Gasteiger partial charge in [-0.2, -0.15) is 0 Å². The molecule has 1 aromatic carbocycles. The number of anilines is 1. The third-order valence-corrected chi connectivity index (χ3v) is 4.56. The van der Waals surface area contributed by atoms with Gasteiger partial charge in [0, 0.05) is 35.3 Å². The molecule has 6 nitrogen and oxygen atoms in total. The van der Waals surface area contributed by atoms with E-state index in [9.17, 15) is 9.59 Å². The van der Waals surface area contributed by atoms with Crippen LogP contribution in [0.25, 0.3) is 16.5 Å². The monoisotopic (exact) mass is 366 g/mol. The average Bonchev–Trinajstić information content (AvgIpc) is 2.95. The second kappa shape index (κ2) is 6.65. The van der Waals surface area contributed by atoms with Crippen molar-refractivity contribution >= 4 is 45.6 Å². The molecule has 0 bridgehead atoms. The molecule has 0 atom stereocenters. The molecule has 3 aromatic rings. The van der Waals surface area contributed by atoms with E-state index in [4.69, 9.17) is 11.6 Å². The molecule has 2 aromatic heterocycles. The zero-order valence-electron chi connectivity index (χ0n) is 13.7. The van der Waals surface area contributed by atoms with Gasteiger partial charge in [0.05, 0.1) is 5.69 Å². The summed E-state index contributed by atoms with van der Waals surface area (Å²) in [5, 5.41) is 6.73. The number of pyridine rings is 1. The number of hydrogen-bond donors (Lipinski definition) is 3. The molecular formula is C19H15ClN4O2. The number of rotatable bonds is 2. The van der Waals surface area contributed by atoms with E-state index >= 15 is 0 Å². The molecule has 0 spiro atoms. The zero-order chi connectivity index (χ0) is 18.1. The number of H-pyrrole nitrogens is 1. The van der Waals surface area contributed by atoms with Gasteiger partial charge >= 0.3 is 0 Å². The number of aromatic nitrogens is 2. The van der Waals surface area contributed by atoms with Crippen LogP contribution in [0.1, 0.15) is 22.5 Å². The Kier molecular flexibility index (Phi) is 4.18. The van der Waals surface area contributed by atoms with Gasteiger partial charge in [0.25, 0.3) is 5.91 Å². The van der Waals surface area contributed by atoms with Gasteiger partial charge in [-0.05, 0) is 30.2 Å². The first-order valence-corrected chi connectivity index (χ1v) is 8.52. The lowest BCUT2D eigenvalue weighted by atomic mass is 9.99. The highest BCUT2D eigenvalue weighted by molar-refractivity contribution is 6.32. The van der Waals surface area contributed by atoms with E-state index in [1.165, 1.54) is 6.08 Å². The Morgan fingerprint density at radius 2 is 2.08 bits per heavy atom. The summed E-state index contributed by atoms with van der Waals surface area (Å²) >= 11 is 5.99. The van der Waals surface area contributed by atoms with Gasteiger partial charge in [0.2, 0.25) is 5.91 Å². The quantitative estimate of drug-likeness (QED) is 0.480. The first-order chi connectivity index (χ1) is 12.6. The normalized spacial score (nSPS) is 15.4. The van der Waals surface area contributed by atoms with Crippen molar-refractivity contribution in [2.24, 2.45) is 0 Å². The number of halogens is 1. The molecule has 4 rings (SSSR count). The fraction of sp³-hybridized carbons (Fsp3) is 0.105. The largest absolute Gasteiger partial charge is 0.350 e. The van der Waals surface area contributed by atoms with Gasteiger partial charge in [-0.25, -0.2) is 4.98 Å². The van der Waals surface area contributed by atoms with Crippen molar-refractivity contribution in [3.8, 4) is 0 Å². The van der Waals surface area contributed by atoms with Crippen LogP contribution in [-0.2, 0) is 4.79 Å². The van der Waals surface area contributed by atoms with Crippen LogP contribution < -0.4 is 10.6 Å². The molecule has 2 amide bonds. The molecule has 1 aliphatic rings. The fourth-order valence-electron chi connectivity index (χ4n) is 3.12. The number of benzene rings is 1. The molecule has 0 fully saturated rings. The Morgan fingerprint density at radius 1 is 1.23 bits per heavy atom. The van der Waals surface area contributed by atoms with Crippen LogP contribution in [0, 0.1) is 0 Å². The molecule has 26 heavy (non-hydrogen) atoms. The van der Waals surface area contributed by atoms with Gasteiger partial charge < -0.3 is 15.6 Å². The number of carbonyl (C=O) groups is 2. The van der Waals surface area contributed by atoms with E-state index in [0.29, 0.717) is 24.3 Å². The Bertz CT molecular complexity index is 1050. The topological polar surface area (TPSA) is 86.9 Å². The molecule has 0 saturated carbocycles. The van der Waals surface area contributed by atoms with Crippen LogP contribution in [0.4, 0.5) is 5.69 Å². The third-order valence-electron chi connectivity index (χ3n) is 4.26. The standard InChI is InChI=1S/C19H15ClN4O2/c20-18-14(6-3-8-21-18)23-15(25)10-11-7-9-22-19(26)17-16(11)12-4-1-2-5-13(12)24-17/h1-6,8,10,24H,7,9H2,(H,22,26)(H,23,25). The van der Waals surface area contributed by atoms with Crippen molar-refractivity contribution < 1.29 is 9.59 Å². The summed E-state index contributed by atoms with van der Waals surface area (Å²) in [6.07, 6.45) is 3.62. The second-order valence-corrected chi connectivity index (χ2v) is 6.29. The number of para-hydroxylation sites is 1. The predicted octanol–water partition coefficient (Wildman–Crippen LogP) is 3.37. The number of nitrogens with zero attached hydrogens (tertiary/aromatic N) is 1. The van der Waals surface area contributed by atoms with Crippen LogP contribution in [0.15, 0.2) is 48.7 Å². The maximum absolute atomic E-state index is 12.5.